The van der Waals surface area contributed by atoms with Gasteiger partial charge in [-0.15, -0.1) is 12.4 Å². The van der Waals surface area contributed by atoms with Crippen LogP contribution in [0.15, 0.2) is 16.8 Å². The molecule has 0 bridgehead atoms. The summed E-state index contributed by atoms with van der Waals surface area (Å²) < 4.78 is 0. The predicted octanol–water partition coefficient (Wildman–Crippen LogP) is 2.99. The van der Waals surface area contributed by atoms with E-state index in [4.69, 9.17) is 0 Å². The minimum Gasteiger partial charge on any atom is -0.311 e. The molecule has 0 aromatic carbocycles. The second-order valence-electron chi connectivity index (χ2n) is 4.03. The highest BCUT2D eigenvalue weighted by Crippen LogP contribution is 2.04. The van der Waals surface area contributed by atoms with Crippen molar-refractivity contribution in [2.45, 2.75) is 33.4 Å². The number of hydrogen-bond acceptors (Lipinski definition) is 3. The Kier molecular flexibility index (Phi) is 8.94. The highest BCUT2D eigenvalue weighted by atomic mass is 35.5. The Hall–Kier alpha value is -0.0900. The van der Waals surface area contributed by atoms with Crippen LogP contribution in [0.2, 0.25) is 0 Å². The summed E-state index contributed by atoms with van der Waals surface area (Å²) >= 11 is 1.76. The van der Waals surface area contributed by atoms with Gasteiger partial charge in [0, 0.05) is 25.7 Å². The van der Waals surface area contributed by atoms with Gasteiger partial charge in [0.05, 0.1) is 0 Å². The molecule has 0 aliphatic carbocycles. The molecule has 1 aromatic heterocycles. The molecule has 2 nitrogen and oxygen atoms in total. The van der Waals surface area contributed by atoms with Gasteiger partial charge < -0.3 is 5.32 Å². The molecule has 0 aliphatic rings. The predicted molar refractivity (Wildman–Crippen MR) is 75.7 cm³/mol. The molecule has 0 amide bonds. The molecule has 0 radical (unpaired) electrons. The van der Waals surface area contributed by atoms with Crippen molar-refractivity contribution in [1.29, 1.82) is 0 Å². The maximum atomic E-state index is 3.47. The van der Waals surface area contributed by atoms with Crippen LogP contribution in [-0.4, -0.2) is 30.6 Å². The molecular formula is C12H23ClN2S. The molecule has 0 unspecified atom stereocenters. The van der Waals surface area contributed by atoms with Crippen LogP contribution in [0.5, 0.6) is 0 Å². The van der Waals surface area contributed by atoms with Crippen LogP contribution in [0.25, 0.3) is 0 Å². The van der Waals surface area contributed by atoms with Gasteiger partial charge in [-0.05, 0) is 42.8 Å². The van der Waals surface area contributed by atoms with Crippen molar-refractivity contribution in [3.63, 3.8) is 0 Å². The first-order chi connectivity index (χ1) is 7.24. The van der Waals surface area contributed by atoms with E-state index in [1.165, 1.54) is 5.56 Å². The molecule has 1 N–H and O–H groups in total. The van der Waals surface area contributed by atoms with Gasteiger partial charge in [0.2, 0.25) is 0 Å². The van der Waals surface area contributed by atoms with Gasteiger partial charge in [0.25, 0.3) is 0 Å². The van der Waals surface area contributed by atoms with E-state index in [0.717, 1.165) is 26.2 Å². The minimum atomic E-state index is 0. The number of likely N-dealkylation sites (N-methyl/N-ethyl adjacent to an activating group) is 1. The Morgan fingerprint density at radius 1 is 1.44 bits per heavy atom. The molecular weight excluding hydrogens is 240 g/mol. The van der Waals surface area contributed by atoms with Crippen LogP contribution in [0.1, 0.15) is 26.3 Å². The Morgan fingerprint density at radius 2 is 2.19 bits per heavy atom. The van der Waals surface area contributed by atoms with Crippen molar-refractivity contribution in [1.82, 2.24) is 10.2 Å². The van der Waals surface area contributed by atoms with Gasteiger partial charge in [0.1, 0.15) is 0 Å². The van der Waals surface area contributed by atoms with E-state index < -0.39 is 0 Å². The summed E-state index contributed by atoms with van der Waals surface area (Å²) in [5.74, 6) is 0. The first kappa shape index (κ1) is 15.9. The van der Waals surface area contributed by atoms with Crippen molar-refractivity contribution >= 4 is 23.7 Å². The van der Waals surface area contributed by atoms with Gasteiger partial charge in [0.15, 0.2) is 0 Å². The van der Waals surface area contributed by atoms with Gasteiger partial charge >= 0.3 is 0 Å². The van der Waals surface area contributed by atoms with E-state index in [1.54, 1.807) is 11.3 Å². The Labute approximate surface area is 109 Å². The maximum Gasteiger partial charge on any atom is 0.0214 e. The van der Waals surface area contributed by atoms with Crippen LogP contribution in [0.4, 0.5) is 0 Å². The largest absolute Gasteiger partial charge is 0.311 e. The number of rotatable bonds is 7. The summed E-state index contributed by atoms with van der Waals surface area (Å²) in [6.07, 6.45) is 0. The number of nitrogens with zero attached hydrogens (tertiary/aromatic N) is 1. The summed E-state index contributed by atoms with van der Waals surface area (Å²) in [7, 11) is 0. The average Bonchev–Trinajstić information content (AvgIpc) is 2.70. The summed E-state index contributed by atoms with van der Waals surface area (Å²) in [4.78, 5) is 2.47. The Morgan fingerprint density at radius 3 is 2.69 bits per heavy atom. The lowest BCUT2D eigenvalue weighted by molar-refractivity contribution is 0.233. The van der Waals surface area contributed by atoms with Crippen molar-refractivity contribution in [2.75, 3.05) is 19.6 Å². The summed E-state index contributed by atoms with van der Waals surface area (Å²) in [6, 6.07) is 2.83. The van der Waals surface area contributed by atoms with Gasteiger partial charge in [-0.3, -0.25) is 4.90 Å². The molecule has 0 atom stereocenters. The quantitative estimate of drug-likeness (QED) is 0.760. The standard InChI is InChI=1S/C12H22N2S.ClH/c1-4-14(11(2)3)7-6-13-9-12-5-8-15-10-12;/h5,8,10-11,13H,4,6-7,9H2,1-3H3;1H. The van der Waals surface area contributed by atoms with E-state index in [2.05, 4.69) is 47.8 Å². The van der Waals surface area contributed by atoms with E-state index in [1.807, 2.05) is 0 Å². The number of thiophene rings is 1. The van der Waals surface area contributed by atoms with Crippen LogP contribution in [0.3, 0.4) is 0 Å². The summed E-state index contributed by atoms with van der Waals surface area (Å²) in [6.45, 7) is 11.1. The van der Waals surface area contributed by atoms with Crippen molar-refractivity contribution < 1.29 is 0 Å². The zero-order chi connectivity index (χ0) is 11.1. The van der Waals surface area contributed by atoms with Crippen LogP contribution in [0, 0.1) is 0 Å². The third kappa shape index (κ3) is 5.85. The normalized spacial score (nSPS) is 10.8. The third-order valence-corrected chi connectivity index (χ3v) is 3.35. The fourth-order valence-electron chi connectivity index (χ4n) is 1.63. The Bertz CT molecular complexity index is 250. The molecule has 0 saturated heterocycles. The first-order valence-corrected chi connectivity index (χ1v) is 6.64. The average molecular weight is 263 g/mol. The fourth-order valence-corrected chi connectivity index (χ4v) is 2.30. The number of nitrogens with one attached hydrogen (secondary N) is 1. The number of halogens is 1. The van der Waals surface area contributed by atoms with E-state index in [9.17, 15) is 0 Å². The van der Waals surface area contributed by atoms with Crippen molar-refractivity contribution in [3.8, 4) is 0 Å². The van der Waals surface area contributed by atoms with E-state index >= 15 is 0 Å². The van der Waals surface area contributed by atoms with E-state index in [-0.39, 0.29) is 12.4 Å². The molecule has 0 spiro atoms. The van der Waals surface area contributed by atoms with Gasteiger partial charge in [-0.1, -0.05) is 6.92 Å². The lowest BCUT2D eigenvalue weighted by Gasteiger charge is -2.24. The van der Waals surface area contributed by atoms with Crippen molar-refractivity contribution in [2.24, 2.45) is 0 Å². The fraction of sp³-hybridized carbons (Fsp3) is 0.667. The molecule has 0 saturated carbocycles. The van der Waals surface area contributed by atoms with Crippen LogP contribution >= 0.6 is 23.7 Å². The lowest BCUT2D eigenvalue weighted by Crippen LogP contribution is -2.36. The zero-order valence-corrected chi connectivity index (χ0v) is 12.0. The molecule has 94 valence electrons. The highest BCUT2D eigenvalue weighted by molar-refractivity contribution is 7.07. The minimum absolute atomic E-state index is 0. The first-order valence-electron chi connectivity index (χ1n) is 5.70. The SMILES string of the molecule is CCN(CCNCc1ccsc1)C(C)C.Cl. The van der Waals surface area contributed by atoms with Gasteiger partial charge in [-0.25, -0.2) is 0 Å². The third-order valence-electron chi connectivity index (χ3n) is 2.62. The second kappa shape index (κ2) is 8.99. The zero-order valence-electron chi connectivity index (χ0n) is 10.4. The maximum absolute atomic E-state index is 3.47. The topological polar surface area (TPSA) is 15.3 Å². The lowest BCUT2D eigenvalue weighted by atomic mass is 10.3. The molecule has 1 rings (SSSR count). The molecule has 0 fully saturated rings. The smallest absolute Gasteiger partial charge is 0.0214 e. The van der Waals surface area contributed by atoms with Crippen LogP contribution in [-0.2, 0) is 6.54 Å². The highest BCUT2D eigenvalue weighted by Gasteiger charge is 2.05. The monoisotopic (exact) mass is 262 g/mol. The Balaban J connectivity index is 0.00000225. The second-order valence-corrected chi connectivity index (χ2v) is 4.81. The van der Waals surface area contributed by atoms with Gasteiger partial charge in [-0.2, -0.15) is 11.3 Å². The van der Waals surface area contributed by atoms with E-state index in [0.29, 0.717) is 6.04 Å². The summed E-state index contributed by atoms with van der Waals surface area (Å²) in [5, 5.41) is 7.80. The van der Waals surface area contributed by atoms with Crippen LogP contribution < -0.4 is 5.32 Å². The molecule has 4 heteroatoms. The molecule has 1 heterocycles. The molecule has 0 aliphatic heterocycles. The summed E-state index contributed by atoms with van der Waals surface area (Å²) in [5.41, 5.74) is 1.40. The molecule has 16 heavy (non-hydrogen) atoms. The van der Waals surface area contributed by atoms with Crippen molar-refractivity contribution in [3.05, 3.63) is 22.4 Å². The molecule has 1 aromatic rings. The number of hydrogen-bond donors (Lipinski definition) is 1.